The Balaban J connectivity index is 2.55. The number of rotatable bonds is 6. The summed E-state index contributed by atoms with van der Waals surface area (Å²) in [6, 6.07) is 12.3. The van der Waals surface area contributed by atoms with E-state index in [9.17, 15) is 4.79 Å². The average Bonchev–Trinajstić information content (AvgIpc) is 2.54. The van der Waals surface area contributed by atoms with Crippen LogP contribution in [0.2, 0.25) is 0 Å². The first kappa shape index (κ1) is 17.7. The van der Waals surface area contributed by atoms with E-state index in [4.69, 9.17) is 4.74 Å². The van der Waals surface area contributed by atoms with E-state index in [0.717, 1.165) is 34.9 Å². The van der Waals surface area contributed by atoms with Gasteiger partial charge in [0.15, 0.2) is 6.29 Å². The lowest BCUT2D eigenvalue weighted by Crippen LogP contribution is -2.21. The molecular formula is C20H25O2P. The summed E-state index contributed by atoms with van der Waals surface area (Å²) in [4.78, 5) is 11.3. The van der Waals surface area contributed by atoms with Gasteiger partial charge in [-0.25, -0.2) is 0 Å². The molecule has 0 aliphatic heterocycles. The summed E-state index contributed by atoms with van der Waals surface area (Å²) in [7, 11) is 2.25. The quantitative estimate of drug-likeness (QED) is 0.565. The number of carbonyl (C=O) groups excluding carboxylic acids is 1. The predicted octanol–water partition coefficient (Wildman–Crippen LogP) is 4.75. The molecule has 0 heterocycles. The maximum atomic E-state index is 11.3. The Morgan fingerprint density at radius 1 is 1.22 bits per heavy atom. The van der Waals surface area contributed by atoms with Crippen molar-refractivity contribution in [3.05, 3.63) is 58.7 Å². The molecule has 0 aromatic heterocycles. The Morgan fingerprint density at radius 3 is 2.52 bits per heavy atom. The first-order valence-corrected chi connectivity index (χ1v) is 8.93. The molecular weight excluding hydrogens is 303 g/mol. The van der Waals surface area contributed by atoms with Gasteiger partial charge in [0, 0.05) is 16.3 Å². The van der Waals surface area contributed by atoms with Gasteiger partial charge in [0.05, 0.1) is 7.11 Å². The number of aldehydes is 1. The fraction of sp³-hybridized carbons (Fsp3) is 0.350. The molecule has 0 aliphatic carbocycles. The Bertz CT molecular complexity index is 709. The monoisotopic (exact) mass is 328 g/mol. The molecule has 0 aliphatic rings. The molecule has 2 atom stereocenters. The van der Waals surface area contributed by atoms with Crippen LogP contribution < -0.4 is 10.0 Å². The van der Waals surface area contributed by atoms with E-state index >= 15 is 0 Å². The van der Waals surface area contributed by atoms with Crippen molar-refractivity contribution in [1.29, 1.82) is 0 Å². The lowest BCUT2D eigenvalue weighted by atomic mass is 9.92. The van der Waals surface area contributed by atoms with E-state index < -0.39 is 0 Å². The second-order valence-corrected chi connectivity index (χ2v) is 8.07. The Kier molecular flexibility index (Phi) is 5.59. The highest BCUT2D eigenvalue weighted by molar-refractivity contribution is 7.48. The van der Waals surface area contributed by atoms with Crippen molar-refractivity contribution in [3.63, 3.8) is 0 Å². The van der Waals surface area contributed by atoms with Crippen LogP contribution in [0.15, 0.2) is 36.4 Å². The minimum atomic E-state index is -0.0543. The Morgan fingerprint density at radius 2 is 1.91 bits per heavy atom. The molecule has 122 valence electrons. The zero-order valence-corrected chi connectivity index (χ0v) is 15.6. The SMILES string of the molecule is CCC(C)(Pc1ccccc1C=O)c1cc(C)cc(C)c1OC. The number of carbonyl (C=O) groups is 1. The molecule has 2 rings (SSSR count). The van der Waals surface area contributed by atoms with Crippen LogP contribution in [0.3, 0.4) is 0 Å². The predicted molar refractivity (Wildman–Crippen MR) is 99.9 cm³/mol. The van der Waals surface area contributed by atoms with Gasteiger partial charge in [-0.1, -0.05) is 64.4 Å². The molecule has 2 nitrogen and oxygen atoms in total. The molecule has 0 saturated heterocycles. The first-order chi connectivity index (χ1) is 10.9. The van der Waals surface area contributed by atoms with Crippen LogP contribution in [0.5, 0.6) is 5.75 Å². The fourth-order valence-electron chi connectivity index (χ4n) is 2.99. The highest BCUT2D eigenvalue weighted by atomic mass is 31.1. The summed E-state index contributed by atoms with van der Waals surface area (Å²) < 4.78 is 5.71. The van der Waals surface area contributed by atoms with Gasteiger partial charge >= 0.3 is 0 Å². The zero-order valence-electron chi connectivity index (χ0n) is 14.6. The molecule has 0 radical (unpaired) electrons. The molecule has 23 heavy (non-hydrogen) atoms. The van der Waals surface area contributed by atoms with Gasteiger partial charge in [-0.05, 0) is 31.1 Å². The van der Waals surface area contributed by atoms with E-state index in [0.29, 0.717) is 8.58 Å². The second kappa shape index (κ2) is 7.27. The number of hydrogen-bond acceptors (Lipinski definition) is 2. The van der Waals surface area contributed by atoms with Gasteiger partial charge in [0.1, 0.15) is 5.75 Å². The fourth-order valence-corrected chi connectivity index (χ4v) is 4.55. The van der Waals surface area contributed by atoms with Crippen LogP contribution in [-0.4, -0.2) is 13.4 Å². The number of benzene rings is 2. The van der Waals surface area contributed by atoms with Gasteiger partial charge in [-0.2, -0.15) is 0 Å². The van der Waals surface area contributed by atoms with Crippen molar-refractivity contribution < 1.29 is 9.53 Å². The highest BCUT2D eigenvalue weighted by Crippen LogP contribution is 2.48. The van der Waals surface area contributed by atoms with Crippen LogP contribution >= 0.6 is 8.58 Å². The van der Waals surface area contributed by atoms with Gasteiger partial charge < -0.3 is 4.74 Å². The van der Waals surface area contributed by atoms with E-state index in [1.165, 1.54) is 11.1 Å². The number of hydrogen-bond donors (Lipinski definition) is 0. The topological polar surface area (TPSA) is 26.3 Å². The zero-order chi connectivity index (χ0) is 17.0. The highest BCUT2D eigenvalue weighted by Gasteiger charge is 2.30. The molecule has 2 unspecified atom stereocenters. The Hall–Kier alpha value is -1.66. The number of aryl methyl sites for hydroxylation is 2. The third-order valence-electron chi connectivity index (χ3n) is 4.42. The third-order valence-corrected chi connectivity index (χ3v) is 6.32. The molecule has 0 bridgehead atoms. The van der Waals surface area contributed by atoms with E-state index in [1.54, 1.807) is 7.11 Å². The van der Waals surface area contributed by atoms with Crippen LogP contribution in [0.4, 0.5) is 0 Å². The first-order valence-electron chi connectivity index (χ1n) is 7.93. The minimum absolute atomic E-state index is 0.0543. The molecule has 0 amide bonds. The van der Waals surface area contributed by atoms with Gasteiger partial charge in [0.25, 0.3) is 0 Å². The maximum Gasteiger partial charge on any atom is 0.150 e. The van der Waals surface area contributed by atoms with Crippen molar-refractivity contribution in [2.45, 2.75) is 39.3 Å². The van der Waals surface area contributed by atoms with E-state index in [-0.39, 0.29) is 5.16 Å². The van der Waals surface area contributed by atoms with Gasteiger partial charge in [-0.15, -0.1) is 0 Å². The van der Waals surface area contributed by atoms with Crippen molar-refractivity contribution in [2.24, 2.45) is 0 Å². The van der Waals surface area contributed by atoms with Gasteiger partial charge in [0.2, 0.25) is 0 Å². The average molecular weight is 328 g/mol. The van der Waals surface area contributed by atoms with Crippen molar-refractivity contribution in [1.82, 2.24) is 0 Å². The molecule has 0 spiro atoms. The third kappa shape index (κ3) is 3.64. The lowest BCUT2D eigenvalue weighted by molar-refractivity contribution is 0.112. The van der Waals surface area contributed by atoms with Crippen molar-refractivity contribution in [3.8, 4) is 5.75 Å². The molecule has 2 aromatic carbocycles. The van der Waals surface area contributed by atoms with Crippen molar-refractivity contribution in [2.75, 3.05) is 7.11 Å². The molecule has 0 N–H and O–H groups in total. The van der Waals surface area contributed by atoms with Crippen LogP contribution in [-0.2, 0) is 5.16 Å². The van der Waals surface area contributed by atoms with Gasteiger partial charge in [-0.3, -0.25) is 4.79 Å². The van der Waals surface area contributed by atoms with Crippen LogP contribution in [0, 0.1) is 13.8 Å². The van der Waals surface area contributed by atoms with E-state index in [1.807, 2.05) is 18.2 Å². The second-order valence-electron chi connectivity index (χ2n) is 6.18. The summed E-state index contributed by atoms with van der Waals surface area (Å²) in [5, 5.41) is 1.06. The van der Waals surface area contributed by atoms with E-state index in [2.05, 4.69) is 45.9 Å². The van der Waals surface area contributed by atoms with Crippen molar-refractivity contribution >= 4 is 20.2 Å². The summed E-state index contributed by atoms with van der Waals surface area (Å²) in [5.74, 6) is 0.969. The normalized spacial score (nSPS) is 14.0. The summed E-state index contributed by atoms with van der Waals surface area (Å²) in [5.41, 5.74) is 4.43. The van der Waals surface area contributed by atoms with Crippen LogP contribution in [0.1, 0.15) is 47.3 Å². The summed E-state index contributed by atoms with van der Waals surface area (Å²) in [6.45, 7) is 8.68. The smallest absolute Gasteiger partial charge is 0.150 e. The largest absolute Gasteiger partial charge is 0.496 e. The summed E-state index contributed by atoms with van der Waals surface area (Å²) >= 11 is 0. The summed E-state index contributed by atoms with van der Waals surface area (Å²) in [6.07, 6.45) is 1.94. The molecule has 2 aromatic rings. The number of ether oxygens (including phenoxy) is 1. The standard InChI is InChI=1S/C20H25O2P/c1-6-20(4,23-18-10-8-7-9-16(18)13-21)17-12-14(2)11-15(3)19(17)22-5/h7-13,23H,6H2,1-5H3. The molecule has 3 heteroatoms. The molecule has 0 saturated carbocycles. The Labute approximate surface area is 141 Å². The van der Waals surface area contributed by atoms with Crippen LogP contribution in [0.25, 0.3) is 0 Å². The molecule has 0 fully saturated rings. The number of methoxy groups -OCH3 is 1. The maximum absolute atomic E-state index is 11.3. The minimum Gasteiger partial charge on any atom is -0.496 e. The lowest BCUT2D eigenvalue weighted by Gasteiger charge is -2.32.